The smallest absolute Gasteiger partial charge is 0.427 e. The fourth-order valence-corrected chi connectivity index (χ4v) is 1.75. The van der Waals surface area contributed by atoms with E-state index in [2.05, 4.69) is 9.31 Å². The van der Waals surface area contributed by atoms with Crippen molar-refractivity contribution in [1.82, 2.24) is 0 Å². The third-order valence-corrected chi connectivity index (χ3v) is 2.58. The Hall–Kier alpha value is -1.52. The number of hydrogen-bond acceptors (Lipinski definition) is 2. The molecule has 20 heavy (non-hydrogen) atoms. The second-order valence-corrected chi connectivity index (χ2v) is 3.77. The van der Waals surface area contributed by atoms with E-state index >= 15 is 0 Å². The summed E-state index contributed by atoms with van der Waals surface area (Å²) in [5.74, 6) is -4.74. The standard InChI is InChI=1S/C9H2BF8O2/c11-3-1-4-6(5(12)2-3)19-10-20-7(4,8(13,14)15)9(16,17)18/h1-2H/q-1. The molecular formula is C9H2BF8O2-. The van der Waals surface area contributed by atoms with Gasteiger partial charge >= 0.3 is 12.4 Å². The monoisotopic (exact) mass is 305 g/mol. The summed E-state index contributed by atoms with van der Waals surface area (Å²) in [4.78, 5) is 0. The van der Waals surface area contributed by atoms with E-state index < -0.39 is 40.9 Å². The van der Waals surface area contributed by atoms with Crippen LogP contribution in [0.4, 0.5) is 35.1 Å². The number of alkyl halides is 6. The van der Waals surface area contributed by atoms with Crippen molar-refractivity contribution in [2.45, 2.75) is 18.0 Å². The van der Waals surface area contributed by atoms with Crippen molar-refractivity contribution >= 4 is 7.69 Å². The lowest BCUT2D eigenvalue weighted by Crippen LogP contribution is -2.58. The topological polar surface area (TPSA) is 18.5 Å². The Morgan fingerprint density at radius 3 is 2.00 bits per heavy atom. The largest absolute Gasteiger partial charge is 0.739 e. The number of rotatable bonds is 0. The Labute approximate surface area is 106 Å². The fraction of sp³-hybridized carbons (Fsp3) is 0.333. The molecule has 1 aliphatic heterocycles. The van der Waals surface area contributed by atoms with E-state index in [1.54, 1.807) is 0 Å². The van der Waals surface area contributed by atoms with Crippen LogP contribution in [0.25, 0.3) is 0 Å². The average Bonchev–Trinajstić information content (AvgIpc) is 2.24. The van der Waals surface area contributed by atoms with E-state index in [0.717, 1.165) is 0 Å². The van der Waals surface area contributed by atoms with Crippen LogP contribution in [0.3, 0.4) is 0 Å². The summed E-state index contributed by atoms with van der Waals surface area (Å²) < 4.78 is 111. The normalized spacial score (nSPS) is 18.4. The summed E-state index contributed by atoms with van der Waals surface area (Å²) in [7, 11) is -0.287. The molecule has 1 aromatic rings. The maximum absolute atomic E-state index is 13.3. The van der Waals surface area contributed by atoms with Gasteiger partial charge in [-0.15, -0.1) is 0 Å². The van der Waals surface area contributed by atoms with Crippen LogP contribution < -0.4 is 4.65 Å². The molecule has 0 bridgehead atoms. The zero-order chi connectivity index (χ0) is 15.3. The Morgan fingerprint density at radius 1 is 0.950 bits per heavy atom. The number of hydrogen-bond donors (Lipinski definition) is 0. The predicted octanol–water partition coefficient (Wildman–Crippen LogP) is 3.23. The summed E-state index contributed by atoms with van der Waals surface area (Å²) >= 11 is 0. The molecule has 0 aliphatic carbocycles. The Kier molecular flexibility index (Phi) is 3.15. The average molecular weight is 305 g/mol. The van der Waals surface area contributed by atoms with Gasteiger partial charge in [-0.1, -0.05) is 0 Å². The van der Waals surface area contributed by atoms with Gasteiger partial charge in [0.25, 0.3) is 0 Å². The zero-order valence-corrected chi connectivity index (χ0v) is 9.07. The van der Waals surface area contributed by atoms with Gasteiger partial charge in [0, 0.05) is 11.6 Å². The van der Waals surface area contributed by atoms with Crippen LogP contribution in [0.15, 0.2) is 12.1 Å². The summed E-state index contributed by atoms with van der Waals surface area (Å²) in [6, 6.07) is -0.0398. The van der Waals surface area contributed by atoms with Gasteiger partial charge < -0.3 is 9.31 Å². The first-order valence-corrected chi connectivity index (χ1v) is 4.80. The lowest BCUT2D eigenvalue weighted by atomic mass is 9.88. The summed E-state index contributed by atoms with van der Waals surface area (Å²) in [6.07, 6.45) is -12.0. The summed E-state index contributed by atoms with van der Waals surface area (Å²) in [5, 5.41) is 0. The highest BCUT2D eigenvalue weighted by molar-refractivity contribution is 6.20. The van der Waals surface area contributed by atoms with Crippen molar-refractivity contribution in [2.75, 3.05) is 0 Å². The van der Waals surface area contributed by atoms with Crippen LogP contribution >= 0.6 is 0 Å². The van der Waals surface area contributed by atoms with E-state index in [1.807, 2.05) is 0 Å². The molecule has 0 aromatic heterocycles. The SMILES string of the molecule is Fc1cc(F)c2c(c1)C(C(F)(F)F)(C(F)(F)F)O[B-]O2. The maximum atomic E-state index is 13.3. The summed E-state index contributed by atoms with van der Waals surface area (Å²) in [6.45, 7) is 0. The van der Waals surface area contributed by atoms with Crippen LogP contribution in [-0.4, -0.2) is 20.0 Å². The first-order chi connectivity index (χ1) is 9.00. The molecule has 110 valence electrons. The maximum Gasteiger partial charge on any atom is 0.427 e. The molecule has 0 unspecified atom stereocenters. The minimum Gasteiger partial charge on any atom is -0.739 e. The molecule has 0 saturated carbocycles. The van der Waals surface area contributed by atoms with Crippen molar-refractivity contribution in [1.29, 1.82) is 0 Å². The van der Waals surface area contributed by atoms with Gasteiger partial charge in [0.2, 0.25) is 5.60 Å². The van der Waals surface area contributed by atoms with E-state index in [-0.39, 0.29) is 19.8 Å². The predicted molar refractivity (Wildman–Crippen MR) is 47.6 cm³/mol. The molecule has 2 nitrogen and oxygen atoms in total. The van der Waals surface area contributed by atoms with Gasteiger partial charge in [0.05, 0.1) is 7.69 Å². The van der Waals surface area contributed by atoms with Gasteiger partial charge in [-0.25, -0.2) is 8.78 Å². The van der Waals surface area contributed by atoms with Crippen LogP contribution in [0.2, 0.25) is 0 Å². The van der Waals surface area contributed by atoms with E-state index in [4.69, 9.17) is 0 Å². The Balaban J connectivity index is 2.82. The molecule has 1 aromatic carbocycles. The lowest BCUT2D eigenvalue weighted by molar-refractivity contribution is -0.370. The number of halogens is 8. The Morgan fingerprint density at radius 2 is 1.50 bits per heavy atom. The molecule has 11 heteroatoms. The Bertz CT molecular complexity index is 524. The minimum absolute atomic E-state index is 0.0928. The van der Waals surface area contributed by atoms with E-state index in [0.29, 0.717) is 0 Å². The zero-order valence-electron chi connectivity index (χ0n) is 9.07. The van der Waals surface area contributed by atoms with E-state index in [9.17, 15) is 35.1 Å². The van der Waals surface area contributed by atoms with Crippen LogP contribution in [0, 0.1) is 11.6 Å². The quantitative estimate of drug-likeness (QED) is 0.541. The molecule has 0 amide bonds. The van der Waals surface area contributed by atoms with Gasteiger partial charge in [-0.2, -0.15) is 26.3 Å². The van der Waals surface area contributed by atoms with Crippen molar-refractivity contribution < 1.29 is 44.4 Å². The fourth-order valence-electron chi connectivity index (χ4n) is 1.75. The van der Waals surface area contributed by atoms with Crippen molar-refractivity contribution in [3.63, 3.8) is 0 Å². The molecule has 0 fully saturated rings. The molecule has 1 aliphatic rings. The van der Waals surface area contributed by atoms with E-state index in [1.165, 1.54) is 0 Å². The van der Waals surface area contributed by atoms with Crippen LogP contribution in [0.5, 0.6) is 5.75 Å². The van der Waals surface area contributed by atoms with Crippen molar-refractivity contribution in [2.24, 2.45) is 0 Å². The van der Waals surface area contributed by atoms with Crippen LogP contribution in [0.1, 0.15) is 5.56 Å². The van der Waals surface area contributed by atoms with Gasteiger partial charge in [-0.3, -0.25) is 0 Å². The minimum atomic E-state index is -6.01. The first kappa shape index (κ1) is 14.9. The molecule has 0 atom stereocenters. The molecule has 0 saturated heterocycles. The number of benzene rings is 1. The molecule has 0 N–H and O–H groups in total. The number of fused-ring (bicyclic) bond motifs is 1. The molecule has 2 radical (unpaired) electrons. The second kappa shape index (κ2) is 4.24. The summed E-state index contributed by atoms with van der Waals surface area (Å²) in [5.41, 5.74) is -6.73. The highest BCUT2D eigenvalue weighted by Gasteiger charge is 2.72. The lowest BCUT2D eigenvalue weighted by Gasteiger charge is -2.48. The molecular weight excluding hydrogens is 303 g/mol. The third-order valence-electron chi connectivity index (χ3n) is 2.58. The van der Waals surface area contributed by atoms with Gasteiger partial charge in [0.1, 0.15) is 11.6 Å². The highest BCUT2D eigenvalue weighted by Crippen LogP contribution is 2.56. The van der Waals surface area contributed by atoms with Gasteiger partial charge in [0.15, 0.2) is 5.82 Å². The molecule has 1 heterocycles. The van der Waals surface area contributed by atoms with Crippen molar-refractivity contribution in [3.8, 4) is 5.75 Å². The molecule has 2 rings (SSSR count). The second-order valence-electron chi connectivity index (χ2n) is 3.77. The third kappa shape index (κ3) is 1.91. The van der Waals surface area contributed by atoms with Crippen molar-refractivity contribution in [3.05, 3.63) is 29.3 Å². The first-order valence-electron chi connectivity index (χ1n) is 4.80. The van der Waals surface area contributed by atoms with Gasteiger partial charge in [-0.05, 0) is 6.07 Å². The highest BCUT2D eigenvalue weighted by atomic mass is 19.4. The van der Waals surface area contributed by atoms with Crippen LogP contribution in [-0.2, 0) is 10.3 Å². The molecule has 0 spiro atoms.